The molecule has 0 aliphatic carbocycles. The van der Waals surface area contributed by atoms with Crippen LogP contribution in [0.2, 0.25) is 0 Å². The summed E-state index contributed by atoms with van der Waals surface area (Å²) in [5.41, 5.74) is 0.339. The van der Waals surface area contributed by atoms with Crippen LogP contribution in [0.15, 0.2) is 22.7 Å². The summed E-state index contributed by atoms with van der Waals surface area (Å²) in [7, 11) is 0. The first kappa shape index (κ1) is 11.2. The maximum atomic E-state index is 13.2. The molecule has 0 saturated heterocycles. The van der Waals surface area contributed by atoms with Crippen LogP contribution in [0.4, 0.5) is 4.39 Å². The Morgan fingerprint density at radius 1 is 1.57 bits per heavy atom. The van der Waals surface area contributed by atoms with Gasteiger partial charge in [-0.2, -0.15) is 0 Å². The third-order valence-corrected chi connectivity index (χ3v) is 2.43. The molecule has 0 heterocycles. The van der Waals surface area contributed by atoms with E-state index in [4.69, 9.17) is 4.74 Å². The number of carbonyl (C=O) groups is 1. The lowest BCUT2D eigenvalue weighted by Crippen LogP contribution is -2.09. The molecule has 0 bridgehead atoms. The lowest BCUT2D eigenvalue weighted by Gasteiger charge is -2.05. The summed E-state index contributed by atoms with van der Waals surface area (Å²) in [6.45, 7) is 2.03. The first-order valence-corrected chi connectivity index (χ1v) is 5.03. The van der Waals surface area contributed by atoms with Crippen molar-refractivity contribution in [3.8, 4) is 0 Å². The highest BCUT2D eigenvalue weighted by Gasteiger charge is 2.11. The number of esters is 1. The second-order valence-corrected chi connectivity index (χ2v) is 3.54. The summed E-state index contributed by atoms with van der Waals surface area (Å²) in [6, 6.07) is 4.59. The van der Waals surface area contributed by atoms with Crippen LogP contribution in [0, 0.1) is 5.82 Å². The van der Waals surface area contributed by atoms with Gasteiger partial charge >= 0.3 is 5.97 Å². The number of ether oxygens (including phenoxy) is 1. The smallest absolute Gasteiger partial charge is 0.310 e. The Labute approximate surface area is 90.2 Å². The van der Waals surface area contributed by atoms with Crippen molar-refractivity contribution < 1.29 is 13.9 Å². The van der Waals surface area contributed by atoms with Crippen molar-refractivity contribution in [1.82, 2.24) is 0 Å². The number of halogens is 2. The first-order chi connectivity index (χ1) is 6.65. The molecule has 2 nitrogen and oxygen atoms in total. The van der Waals surface area contributed by atoms with E-state index in [1.165, 1.54) is 6.07 Å². The normalized spacial score (nSPS) is 9.93. The Bertz CT molecular complexity index is 319. The second-order valence-electron chi connectivity index (χ2n) is 2.68. The van der Waals surface area contributed by atoms with Gasteiger partial charge in [-0.15, -0.1) is 0 Å². The van der Waals surface area contributed by atoms with Crippen LogP contribution in [0.3, 0.4) is 0 Å². The maximum absolute atomic E-state index is 13.2. The Kier molecular flexibility index (Phi) is 4.07. The number of carbonyl (C=O) groups excluding carboxylic acids is 1. The molecule has 0 amide bonds. The zero-order valence-electron chi connectivity index (χ0n) is 7.72. The molecule has 0 aromatic heterocycles. The summed E-state index contributed by atoms with van der Waals surface area (Å²) in [6.07, 6.45) is -0.0406. The summed E-state index contributed by atoms with van der Waals surface area (Å²) in [4.78, 5) is 11.1. The lowest BCUT2D eigenvalue weighted by atomic mass is 10.1. The molecule has 0 aliphatic rings. The van der Waals surface area contributed by atoms with E-state index in [0.29, 0.717) is 16.6 Å². The zero-order chi connectivity index (χ0) is 10.6. The Hall–Kier alpha value is -0.900. The number of hydrogen-bond acceptors (Lipinski definition) is 2. The minimum Gasteiger partial charge on any atom is -0.466 e. The fraction of sp³-hybridized carbons (Fsp3) is 0.300. The zero-order valence-corrected chi connectivity index (χ0v) is 9.30. The molecule has 0 spiro atoms. The van der Waals surface area contributed by atoms with Gasteiger partial charge in [0.2, 0.25) is 0 Å². The van der Waals surface area contributed by atoms with Crippen molar-refractivity contribution >= 4 is 21.9 Å². The molecular formula is C10H10BrFO2. The largest absolute Gasteiger partial charge is 0.466 e. The summed E-state index contributed by atoms with van der Waals surface area (Å²) < 4.78 is 18.5. The molecule has 0 radical (unpaired) electrons. The Morgan fingerprint density at radius 2 is 2.29 bits per heavy atom. The van der Waals surface area contributed by atoms with Crippen LogP contribution in [0.5, 0.6) is 0 Å². The molecule has 0 N–H and O–H groups in total. The molecule has 76 valence electrons. The molecule has 1 aromatic rings. The lowest BCUT2D eigenvalue weighted by molar-refractivity contribution is -0.142. The molecular weight excluding hydrogens is 251 g/mol. The van der Waals surface area contributed by atoms with Crippen molar-refractivity contribution in [2.24, 2.45) is 0 Å². The van der Waals surface area contributed by atoms with Crippen LogP contribution >= 0.6 is 15.9 Å². The minimum atomic E-state index is -0.418. The van der Waals surface area contributed by atoms with Gasteiger partial charge in [0.05, 0.1) is 13.0 Å². The molecule has 0 fully saturated rings. The quantitative estimate of drug-likeness (QED) is 0.782. The third kappa shape index (κ3) is 2.80. The van der Waals surface area contributed by atoms with Gasteiger partial charge in [-0.25, -0.2) is 4.39 Å². The molecule has 0 saturated carbocycles. The Balaban J connectivity index is 2.80. The van der Waals surface area contributed by atoms with E-state index < -0.39 is 11.8 Å². The van der Waals surface area contributed by atoms with Gasteiger partial charge in [0, 0.05) is 10.0 Å². The van der Waals surface area contributed by atoms with Crippen molar-refractivity contribution in [2.45, 2.75) is 13.3 Å². The van der Waals surface area contributed by atoms with Crippen molar-refractivity contribution in [3.63, 3.8) is 0 Å². The molecule has 1 rings (SSSR count). The van der Waals surface area contributed by atoms with Crippen LogP contribution < -0.4 is 0 Å². The van der Waals surface area contributed by atoms with E-state index in [9.17, 15) is 9.18 Å². The monoisotopic (exact) mass is 260 g/mol. The van der Waals surface area contributed by atoms with E-state index >= 15 is 0 Å². The van der Waals surface area contributed by atoms with Crippen LogP contribution in [0.25, 0.3) is 0 Å². The highest BCUT2D eigenvalue weighted by Crippen LogP contribution is 2.20. The highest BCUT2D eigenvalue weighted by molar-refractivity contribution is 9.10. The van der Waals surface area contributed by atoms with Crippen LogP contribution in [-0.2, 0) is 16.0 Å². The third-order valence-electron chi connectivity index (χ3n) is 1.69. The van der Waals surface area contributed by atoms with Gasteiger partial charge < -0.3 is 4.74 Å². The standard InChI is InChI=1S/C10H10BrFO2/c1-2-14-10(13)6-7-8(11)4-3-5-9(7)12/h3-5H,2,6H2,1H3. The second kappa shape index (κ2) is 5.10. The average Bonchev–Trinajstić information content (AvgIpc) is 2.12. The molecule has 0 aliphatic heterocycles. The highest BCUT2D eigenvalue weighted by atomic mass is 79.9. The predicted molar refractivity (Wildman–Crippen MR) is 54.4 cm³/mol. The van der Waals surface area contributed by atoms with Crippen molar-refractivity contribution in [1.29, 1.82) is 0 Å². The van der Waals surface area contributed by atoms with Gasteiger partial charge in [-0.05, 0) is 19.1 Å². The molecule has 4 heteroatoms. The topological polar surface area (TPSA) is 26.3 Å². The SMILES string of the molecule is CCOC(=O)Cc1c(F)cccc1Br. The molecule has 0 atom stereocenters. The van der Waals surface area contributed by atoms with E-state index in [-0.39, 0.29) is 6.42 Å². The van der Waals surface area contributed by atoms with Crippen molar-refractivity contribution in [3.05, 3.63) is 34.1 Å². The average molecular weight is 261 g/mol. The van der Waals surface area contributed by atoms with Crippen LogP contribution in [0.1, 0.15) is 12.5 Å². The summed E-state index contributed by atoms with van der Waals surface area (Å²) >= 11 is 3.18. The van der Waals surface area contributed by atoms with E-state index in [2.05, 4.69) is 15.9 Å². The number of benzene rings is 1. The number of rotatable bonds is 3. The van der Waals surface area contributed by atoms with Gasteiger partial charge in [0.1, 0.15) is 5.82 Å². The first-order valence-electron chi connectivity index (χ1n) is 4.23. The molecule has 14 heavy (non-hydrogen) atoms. The summed E-state index contributed by atoms with van der Waals surface area (Å²) in [5, 5.41) is 0. The van der Waals surface area contributed by atoms with Crippen LogP contribution in [-0.4, -0.2) is 12.6 Å². The van der Waals surface area contributed by atoms with Crippen molar-refractivity contribution in [2.75, 3.05) is 6.61 Å². The summed E-state index contributed by atoms with van der Waals surface area (Å²) in [5.74, 6) is -0.814. The van der Waals surface area contributed by atoms with E-state index in [0.717, 1.165) is 0 Å². The molecule has 1 aromatic carbocycles. The van der Waals surface area contributed by atoms with Gasteiger partial charge in [-0.1, -0.05) is 22.0 Å². The minimum absolute atomic E-state index is 0.0406. The van der Waals surface area contributed by atoms with E-state index in [1.54, 1.807) is 19.1 Å². The fourth-order valence-electron chi connectivity index (χ4n) is 1.06. The van der Waals surface area contributed by atoms with Gasteiger partial charge in [0.15, 0.2) is 0 Å². The predicted octanol–water partition coefficient (Wildman–Crippen LogP) is 2.69. The molecule has 0 unspecified atom stereocenters. The Morgan fingerprint density at radius 3 is 2.86 bits per heavy atom. The maximum Gasteiger partial charge on any atom is 0.310 e. The van der Waals surface area contributed by atoms with Gasteiger partial charge in [-0.3, -0.25) is 4.79 Å². The number of hydrogen-bond donors (Lipinski definition) is 0. The van der Waals surface area contributed by atoms with E-state index in [1.807, 2.05) is 0 Å². The van der Waals surface area contributed by atoms with Gasteiger partial charge in [0.25, 0.3) is 0 Å². The fourth-order valence-corrected chi connectivity index (χ4v) is 1.54.